The van der Waals surface area contributed by atoms with E-state index >= 15 is 0 Å². The van der Waals surface area contributed by atoms with Crippen molar-refractivity contribution in [2.24, 2.45) is 52.3 Å². The normalized spacial score (nSPS) is 54.6. The summed E-state index contributed by atoms with van der Waals surface area (Å²) in [5, 5.41) is 11.4. The van der Waals surface area contributed by atoms with E-state index in [1.54, 1.807) is 0 Å². The maximum Gasteiger partial charge on any atom is 0.168 e. The van der Waals surface area contributed by atoms with Gasteiger partial charge in [-0.05, 0) is 90.9 Å². The van der Waals surface area contributed by atoms with Crippen LogP contribution in [-0.4, -0.2) is 22.8 Å². The second-order valence-electron chi connectivity index (χ2n) is 12.5. The lowest BCUT2D eigenvalue weighted by atomic mass is 9.45. The van der Waals surface area contributed by atoms with E-state index in [1.165, 1.54) is 25.7 Å². The highest BCUT2D eigenvalue weighted by Gasteiger charge is 2.68. The molecule has 168 valence electrons. The lowest BCUT2D eigenvalue weighted by Crippen LogP contribution is -2.53. The number of ether oxygens (including phenoxy) is 1. The van der Waals surface area contributed by atoms with Gasteiger partial charge in [-0.25, -0.2) is 0 Å². The molecule has 1 aliphatic heterocycles. The van der Waals surface area contributed by atoms with Gasteiger partial charge < -0.3 is 9.84 Å². The van der Waals surface area contributed by atoms with Crippen molar-refractivity contribution in [2.75, 3.05) is 0 Å². The van der Waals surface area contributed by atoms with Crippen molar-refractivity contribution in [3.63, 3.8) is 0 Å². The summed E-state index contributed by atoms with van der Waals surface area (Å²) in [5.41, 5.74) is 0.477. The van der Waals surface area contributed by atoms with E-state index in [-0.39, 0.29) is 22.9 Å². The van der Waals surface area contributed by atoms with Gasteiger partial charge in [0.05, 0.1) is 6.10 Å². The number of hydrogen-bond donors (Lipinski definition) is 1. The predicted molar refractivity (Wildman–Crippen MR) is 119 cm³/mol. The minimum absolute atomic E-state index is 0.195. The molecule has 5 rings (SSSR count). The third-order valence-corrected chi connectivity index (χ3v) is 10.8. The molecule has 3 nitrogen and oxygen atoms in total. The second kappa shape index (κ2) is 6.91. The Kier molecular flexibility index (Phi) is 4.88. The summed E-state index contributed by atoms with van der Waals surface area (Å²) in [4.78, 5) is 12.1. The largest absolute Gasteiger partial charge is 0.365 e. The highest BCUT2D eigenvalue weighted by atomic mass is 16.6. The number of allylic oxidation sites excluding steroid dienone is 2. The molecule has 0 radical (unpaired) electrons. The topological polar surface area (TPSA) is 46.5 Å². The first-order valence-corrected chi connectivity index (χ1v) is 12.7. The van der Waals surface area contributed by atoms with Gasteiger partial charge in [0.25, 0.3) is 0 Å². The smallest absolute Gasteiger partial charge is 0.168 e. The van der Waals surface area contributed by atoms with Crippen molar-refractivity contribution in [2.45, 2.75) is 97.9 Å². The summed E-state index contributed by atoms with van der Waals surface area (Å²) in [5.74, 6) is 3.37. The molecule has 1 heterocycles. The average molecular weight is 415 g/mol. The van der Waals surface area contributed by atoms with E-state index in [2.05, 4.69) is 40.7 Å². The third-order valence-electron chi connectivity index (χ3n) is 10.8. The Morgan fingerprint density at radius 3 is 2.70 bits per heavy atom. The average Bonchev–Trinajstić information content (AvgIpc) is 3.11. The molecule has 0 aromatic heterocycles. The highest BCUT2D eigenvalue weighted by molar-refractivity contribution is 5.91. The van der Waals surface area contributed by atoms with Gasteiger partial charge in [0, 0.05) is 18.8 Å². The maximum atomic E-state index is 12.1. The van der Waals surface area contributed by atoms with Crippen LogP contribution < -0.4 is 0 Å². The summed E-state index contributed by atoms with van der Waals surface area (Å²) in [6.45, 7) is 11.7. The van der Waals surface area contributed by atoms with Crippen molar-refractivity contribution >= 4 is 5.78 Å². The minimum Gasteiger partial charge on any atom is -0.365 e. The van der Waals surface area contributed by atoms with Crippen LogP contribution >= 0.6 is 0 Å². The fourth-order valence-electron chi connectivity index (χ4n) is 9.11. The number of carbonyl (C=O) groups excluding carboxylic acids is 1. The van der Waals surface area contributed by atoms with Crippen LogP contribution in [0.3, 0.4) is 0 Å². The van der Waals surface area contributed by atoms with Gasteiger partial charge in [0.1, 0.15) is 0 Å². The van der Waals surface area contributed by atoms with Gasteiger partial charge in [-0.1, -0.05) is 40.7 Å². The summed E-state index contributed by atoms with van der Waals surface area (Å²) in [6, 6.07) is 0. The zero-order chi connectivity index (χ0) is 21.5. The van der Waals surface area contributed by atoms with E-state index in [0.717, 1.165) is 31.6 Å². The van der Waals surface area contributed by atoms with Crippen LogP contribution in [0.2, 0.25) is 0 Å². The first kappa shape index (κ1) is 21.2. The van der Waals surface area contributed by atoms with Gasteiger partial charge in [0.2, 0.25) is 0 Å². The lowest BCUT2D eigenvalue weighted by Gasteiger charge is -2.59. The molecular weight excluding hydrogens is 372 g/mol. The maximum absolute atomic E-state index is 12.1. The van der Waals surface area contributed by atoms with Gasteiger partial charge in [-0.2, -0.15) is 0 Å². The second-order valence-corrected chi connectivity index (χ2v) is 12.5. The van der Waals surface area contributed by atoms with Crippen LogP contribution in [0.25, 0.3) is 0 Å². The number of hydrogen-bond acceptors (Lipinski definition) is 3. The third kappa shape index (κ3) is 2.86. The quantitative estimate of drug-likeness (QED) is 0.638. The van der Waals surface area contributed by atoms with E-state index in [0.29, 0.717) is 35.4 Å². The summed E-state index contributed by atoms with van der Waals surface area (Å²) >= 11 is 0. The molecule has 4 fully saturated rings. The van der Waals surface area contributed by atoms with E-state index in [4.69, 9.17) is 4.74 Å². The van der Waals surface area contributed by atoms with Crippen LogP contribution in [0.4, 0.5) is 0 Å². The van der Waals surface area contributed by atoms with E-state index in [1.807, 2.05) is 6.08 Å². The minimum atomic E-state index is -0.930. The molecule has 0 aromatic rings. The number of fused-ring (bicyclic) bond motifs is 7. The highest BCUT2D eigenvalue weighted by Crippen LogP contribution is 2.70. The molecule has 0 aromatic carbocycles. The van der Waals surface area contributed by atoms with Gasteiger partial charge in [-0.3, -0.25) is 4.79 Å². The Labute approximate surface area is 183 Å². The van der Waals surface area contributed by atoms with Crippen LogP contribution in [0, 0.1) is 52.3 Å². The van der Waals surface area contributed by atoms with Crippen molar-refractivity contribution in [3.8, 4) is 0 Å². The predicted octanol–water partition coefficient (Wildman–Crippen LogP) is 5.76. The van der Waals surface area contributed by atoms with Gasteiger partial charge >= 0.3 is 0 Å². The molecule has 1 saturated heterocycles. The molecule has 30 heavy (non-hydrogen) atoms. The monoisotopic (exact) mass is 414 g/mol. The van der Waals surface area contributed by atoms with Crippen LogP contribution in [0.15, 0.2) is 12.2 Å². The fourth-order valence-corrected chi connectivity index (χ4v) is 9.11. The molecule has 10 atom stereocenters. The van der Waals surface area contributed by atoms with Crippen LogP contribution in [0.5, 0.6) is 0 Å². The van der Waals surface area contributed by atoms with E-state index < -0.39 is 5.79 Å². The lowest BCUT2D eigenvalue weighted by molar-refractivity contribution is -0.221. The summed E-state index contributed by atoms with van der Waals surface area (Å²) in [6.07, 6.45) is 13.1. The number of rotatable bonds is 3. The molecule has 3 heteroatoms. The fraction of sp³-hybridized carbons (Fsp3) is 0.889. The Hall–Kier alpha value is -0.670. The molecule has 5 aliphatic rings. The Morgan fingerprint density at radius 2 is 1.97 bits per heavy atom. The van der Waals surface area contributed by atoms with Crippen molar-refractivity contribution in [1.29, 1.82) is 0 Å². The molecule has 0 unspecified atom stereocenters. The Balaban J connectivity index is 1.40. The summed E-state index contributed by atoms with van der Waals surface area (Å²) in [7, 11) is 0. The molecule has 0 amide bonds. The molecule has 0 spiro atoms. The zero-order valence-corrected chi connectivity index (χ0v) is 19.7. The molecule has 3 saturated carbocycles. The number of ketones is 1. The SMILES string of the molecule is CC(C)CC[C@@]1(O)O[C@H]2C[C@H]3[C@@H]4CC[C@@H]5CC(=O)C=C[C@]5(C)[C@H]4CC[C@]3(C)[C@H]2[C@@H]1C. The molecule has 0 bridgehead atoms. The number of carbonyl (C=O) groups is 1. The van der Waals surface area contributed by atoms with Gasteiger partial charge in [-0.15, -0.1) is 0 Å². The summed E-state index contributed by atoms with van der Waals surface area (Å²) < 4.78 is 6.52. The Bertz CT molecular complexity index is 742. The first-order valence-electron chi connectivity index (χ1n) is 12.7. The van der Waals surface area contributed by atoms with Gasteiger partial charge in [0.15, 0.2) is 11.6 Å². The first-order chi connectivity index (χ1) is 14.1. The van der Waals surface area contributed by atoms with Crippen molar-refractivity contribution in [3.05, 3.63) is 12.2 Å². The standard InChI is InChI=1S/C27H42O3/c1-16(2)8-13-27(29)17(3)24-23(30-27)15-22-20-7-6-18-14-19(28)9-11-25(18,4)21(20)10-12-26(22,24)5/h9,11,16-18,20-24,29H,6-8,10,12-15H2,1-5H3/t17-,18+,20+,21-,22-,23-,24-,25-,26-,27+/m0/s1. The molecule has 1 N–H and O–H groups in total. The van der Waals surface area contributed by atoms with Crippen LogP contribution in [0.1, 0.15) is 86.0 Å². The molecular formula is C27H42O3. The van der Waals surface area contributed by atoms with Crippen molar-refractivity contribution in [1.82, 2.24) is 0 Å². The van der Waals surface area contributed by atoms with Crippen LogP contribution in [-0.2, 0) is 9.53 Å². The van der Waals surface area contributed by atoms with Crippen molar-refractivity contribution < 1.29 is 14.6 Å². The zero-order valence-electron chi connectivity index (χ0n) is 19.7. The Morgan fingerprint density at radius 1 is 1.20 bits per heavy atom. The molecule has 4 aliphatic carbocycles. The van der Waals surface area contributed by atoms with E-state index in [9.17, 15) is 9.90 Å². The number of aliphatic hydroxyl groups is 1.